The van der Waals surface area contributed by atoms with E-state index in [0.717, 1.165) is 26.3 Å². The molecule has 0 amide bonds. The van der Waals surface area contributed by atoms with Crippen LogP contribution in [0.5, 0.6) is 0 Å². The van der Waals surface area contributed by atoms with Crippen molar-refractivity contribution in [1.82, 2.24) is 4.67 Å². The highest BCUT2D eigenvalue weighted by atomic mass is 31.2. The summed E-state index contributed by atoms with van der Waals surface area (Å²) in [6, 6.07) is 0. The Balaban J connectivity index is 2.40. The first kappa shape index (κ1) is 10.4. The van der Waals surface area contributed by atoms with E-state index in [2.05, 4.69) is 18.5 Å². The molecule has 0 saturated carbocycles. The third kappa shape index (κ3) is 2.67. The van der Waals surface area contributed by atoms with Gasteiger partial charge in [0.15, 0.2) is 0 Å². The average molecular weight is 191 g/mol. The fourth-order valence-electron chi connectivity index (χ4n) is 1.40. The van der Waals surface area contributed by atoms with Crippen molar-refractivity contribution < 1.29 is 9.26 Å². The van der Waals surface area contributed by atoms with Crippen molar-refractivity contribution in [3.63, 3.8) is 0 Å². The van der Waals surface area contributed by atoms with Crippen LogP contribution in [-0.4, -0.2) is 43.7 Å². The Kier molecular flexibility index (Phi) is 4.44. The van der Waals surface area contributed by atoms with Crippen LogP contribution in [0.15, 0.2) is 0 Å². The molecule has 1 heterocycles. The standard InChI is InChI=1S/C8H18NO2P/c1-8(2)12(10-3)9-4-6-11-7-5-9/h8H,4-7H2,1-3H3. The summed E-state index contributed by atoms with van der Waals surface area (Å²) in [5.74, 6) is 0. The minimum Gasteiger partial charge on any atom is -0.379 e. The van der Waals surface area contributed by atoms with E-state index < -0.39 is 0 Å². The summed E-state index contributed by atoms with van der Waals surface area (Å²) >= 11 is 0. The topological polar surface area (TPSA) is 21.7 Å². The molecule has 3 nitrogen and oxygen atoms in total. The zero-order chi connectivity index (χ0) is 8.97. The molecule has 72 valence electrons. The van der Waals surface area contributed by atoms with E-state index in [1.165, 1.54) is 0 Å². The van der Waals surface area contributed by atoms with E-state index in [1.807, 2.05) is 0 Å². The summed E-state index contributed by atoms with van der Waals surface area (Å²) in [5, 5.41) is 0. The van der Waals surface area contributed by atoms with Gasteiger partial charge in [-0.2, -0.15) is 0 Å². The molecule has 1 atom stereocenters. The quantitative estimate of drug-likeness (QED) is 0.633. The van der Waals surface area contributed by atoms with Gasteiger partial charge >= 0.3 is 0 Å². The number of morpholine rings is 1. The van der Waals surface area contributed by atoms with Crippen molar-refractivity contribution >= 4 is 8.30 Å². The second-order valence-corrected chi connectivity index (χ2v) is 5.71. The van der Waals surface area contributed by atoms with Crippen LogP contribution in [-0.2, 0) is 9.26 Å². The fourth-order valence-corrected chi connectivity index (χ4v) is 3.27. The van der Waals surface area contributed by atoms with Crippen molar-refractivity contribution in [1.29, 1.82) is 0 Å². The van der Waals surface area contributed by atoms with E-state index in [4.69, 9.17) is 9.26 Å². The Labute approximate surface area is 75.9 Å². The molecule has 0 aromatic heterocycles. The highest BCUT2D eigenvalue weighted by molar-refractivity contribution is 7.50. The van der Waals surface area contributed by atoms with Crippen LogP contribution >= 0.6 is 8.30 Å². The van der Waals surface area contributed by atoms with Gasteiger partial charge in [-0.15, -0.1) is 0 Å². The third-order valence-electron chi connectivity index (χ3n) is 1.90. The second-order valence-electron chi connectivity index (χ2n) is 3.14. The molecule has 0 aromatic rings. The Hall–Kier alpha value is 0.310. The van der Waals surface area contributed by atoms with Crippen molar-refractivity contribution in [2.45, 2.75) is 19.5 Å². The van der Waals surface area contributed by atoms with Gasteiger partial charge < -0.3 is 9.26 Å². The molecule has 0 spiro atoms. The molecule has 0 N–H and O–H groups in total. The SMILES string of the molecule is COP(C(C)C)N1CCOCC1. The Morgan fingerprint density at radius 1 is 1.33 bits per heavy atom. The summed E-state index contributed by atoms with van der Waals surface area (Å²) in [5.41, 5.74) is 0.614. The fraction of sp³-hybridized carbons (Fsp3) is 1.00. The first-order valence-electron chi connectivity index (χ1n) is 4.41. The van der Waals surface area contributed by atoms with E-state index in [9.17, 15) is 0 Å². The average Bonchev–Trinajstić information content (AvgIpc) is 2.07. The predicted octanol–water partition coefficient (Wildman–Crippen LogP) is 1.69. The minimum absolute atomic E-state index is 0.382. The first-order valence-corrected chi connectivity index (χ1v) is 5.70. The molecule has 0 bridgehead atoms. The van der Waals surface area contributed by atoms with Gasteiger partial charge in [0.1, 0.15) is 8.30 Å². The predicted molar refractivity (Wildman–Crippen MR) is 51.5 cm³/mol. The highest BCUT2D eigenvalue weighted by Gasteiger charge is 2.23. The van der Waals surface area contributed by atoms with Gasteiger partial charge in [0, 0.05) is 25.9 Å². The molecule has 0 aromatic carbocycles. The van der Waals surface area contributed by atoms with Crippen LogP contribution in [0.3, 0.4) is 0 Å². The molecule has 0 aliphatic carbocycles. The van der Waals surface area contributed by atoms with Crippen molar-refractivity contribution in [3.8, 4) is 0 Å². The van der Waals surface area contributed by atoms with Gasteiger partial charge in [0.25, 0.3) is 0 Å². The lowest BCUT2D eigenvalue weighted by molar-refractivity contribution is 0.0703. The van der Waals surface area contributed by atoms with Crippen LogP contribution in [0.25, 0.3) is 0 Å². The lowest BCUT2D eigenvalue weighted by Crippen LogP contribution is -2.34. The van der Waals surface area contributed by atoms with E-state index in [0.29, 0.717) is 5.66 Å². The number of hydrogen-bond donors (Lipinski definition) is 0. The van der Waals surface area contributed by atoms with Crippen LogP contribution in [0.1, 0.15) is 13.8 Å². The highest BCUT2D eigenvalue weighted by Crippen LogP contribution is 2.45. The molecular weight excluding hydrogens is 173 g/mol. The summed E-state index contributed by atoms with van der Waals surface area (Å²) in [6.45, 7) is 8.19. The summed E-state index contributed by atoms with van der Waals surface area (Å²) < 4.78 is 13.2. The van der Waals surface area contributed by atoms with Gasteiger partial charge in [-0.25, -0.2) is 0 Å². The molecule has 1 saturated heterocycles. The van der Waals surface area contributed by atoms with Crippen LogP contribution in [0.4, 0.5) is 0 Å². The number of rotatable bonds is 3. The van der Waals surface area contributed by atoms with Crippen LogP contribution in [0.2, 0.25) is 0 Å². The maximum Gasteiger partial charge on any atom is 0.106 e. The molecule has 0 radical (unpaired) electrons. The van der Waals surface area contributed by atoms with Gasteiger partial charge in [-0.3, -0.25) is 4.67 Å². The molecule has 1 fully saturated rings. The molecule has 4 heteroatoms. The third-order valence-corrected chi connectivity index (χ3v) is 4.11. The van der Waals surface area contributed by atoms with Crippen molar-refractivity contribution in [3.05, 3.63) is 0 Å². The van der Waals surface area contributed by atoms with Crippen molar-refractivity contribution in [2.75, 3.05) is 33.4 Å². The second kappa shape index (κ2) is 5.13. The first-order chi connectivity index (χ1) is 5.75. The van der Waals surface area contributed by atoms with Gasteiger partial charge in [0.05, 0.1) is 13.2 Å². The number of nitrogens with zero attached hydrogens (tertiary/aromatic N) is 1. The lowest BCUT2D eigenvalue weighted by atomic mass is 10.5. The summed E-state index contributed by atoms with van der Waals surface area (Å²) in [4.78, 5) is 0. The zero-order valence-electron chi connectivity index (χ0n) is 8.12. The van der Waals surface area contributed by atoms with Crippen LogP contribution < -0.4 is 0 Å². The van der Waals surface area contributed by atoms with E-state index in [1.54, 1.807) is 7.11 Å². The number of hydrogen-bond acceptors (Lipinski definition) is 3. The molecule has 1 aliphatic heterocycles. The summed E-state index contributed by atoms with van der Waals surface area (Å²) in [6.07, 6.45) is 0. The monoisotopic (exact) mass is 191 g/mol. The summed E-state index contributed by atoms with van der Waals surface area (Å²) in [7, 11) is 1.42. The largest absolute Gasteiger partial charge is 0.379 e. The minimum atomic E-state index is -0.382. The Morgan fingerprint density at radius 3 is 2.33 bits per heavy atom. The molecule has 1 unspecified atom stereocenters. The molecule has 12 heavy (non-hydrogen) atoms. The van der Waals surface area contributed by atoms with Gasteiger partial charge in [0.2, 0.25) is 0 Å². The van der Waals surface area contributed by atoms with E-state index in [-0.39, 0.29) is 8.30 Å². The normalized spacial score (nSPS) is 23.0. The van der Waals surface area contributed by atoms with Crippen molar-refractivity contribution in [2.24, 2.45) is 0 Å². The van der Waals surface area contributed by atoms with Gasteiger partial charge in [-0.05, 0) is 0 Å². The lowest BCUT2D eigenvalue weighted by Gasteiger charge is -2.34. The Morgan fingerprint density at radius 2 is 1.92 bits per heavy atom. The number of ether oxygens (including phenoxy) is 1. The molecular formula is C8H18NO2P. The maximum atomic E-state index is 5.49. The van der Waals surface area contributed by atoms with E-state index >= 15 is 0 Å². The Bertz CT molecular complexity index is 126. The molecule has 1 rings (SSSR count). The smallest absolute Gasteiger partial charge is 0.106 e. The van der Waals surface area contributed by atoms with Gasteiger partial charge in [-0.1, -0.05) is 13.8 Å². The zero-order valence-corrected chi connectivity index (χ0v) is 9.01. The van der Waals surface area contributed by atoms with Crippen LogP contribution in [0, 0.1) is 0 Å². The molecule has 1 aliphatic rings. The maximum absolute atomic E-state index is 5.49.